The number of aromatic amines is 1. The van der Waals surface area contributed by atoms with Crippen molar-refractivity contribution < 1.29 is 4.39 Å². The van der Waals surface area contributed by atoms with Gasteiger partial charge >= 0.3 is 0 Å². The molecule has 1 aliphatic heterocycles. The number of benzene rings is 1. The molecule has 0 bridgehead atoms. The number of halogens is 1. The van der Waals surface area contributed by atoms with Crippen LogP contribution in [-0.2, 0) is 0 Å². The molecule has 1 aliphatic rings. The predicted molar refractivity (Wildman–Crippen MR) is 107 cm³/mol. The van der Waals surface area contributed by atoms with E-state index < -0.39 is 0 Å². The lowest BCUT2D eigenvalue weighted by molar-refractivity contribution is 0.324. The van der Waals surface area contributed by atoms with Crippen molar-refractivity contribution >= 4 is 16.9 Å². The van der Waals surface area contributed by atoms with Crippen LogP contribution in [0.4, 0.5) is 10.3 Å². The zero-order valence-corrected chi connectivity index (χ0v) is 15.9. The van der Waals surface area contributed by atoms with Crippen LogP contribution in [0.5, 0.6) is 0 Å². The molecule has 140 valence electrons. The molecular weight excluding hydrogens is 341 g/mol. The fraction of sp³-hybridized carbons (Fsp3) is 0.333. The lowest BCUT2D eigenvalue weighted by Crippen LogP contribution is -2.48. The predicted octanol–water partition coefficient (Wildman–Crippen LogP) is 4.53. The number of hydrogen-bond acceptors (Lipinski definition) is 4. The summed E-state index contributed by atoms with van der Waals surface area (Å²) in [7, 11) is 0. The van der Waals surface area contributed by atoms with E-state index in [0.717, 1.165) is 46.3 Å². The SMILES string of the molecule is C=C1CC(Nc2nccc(-c3c[nH]c4c(C)cc(F)cc34)n2)CC(C)(C)N1. The van der Waals surface area contributed by atoms with Crippen molar-refractivity contribution in [3.8, 4) is 11.3 Å². The van der Waals surface area contributed by atoms with Gasteiger partial charge in [0.1, 0.15) is 5.82 Å². The number of hydrogen-bond donors (Lipinski definition) is 3. The Bertz CT molecular complexity index is 1020. The van der Waals surface area contributed by atoms with Crippen molar-refractivity contribution in [2.24, 2.45) is 0 Å². The molecule has 0 amide bonds. The average Bonchev–Trinajstić information content (AvgIpc) is 2.97. The van der Waals surface area contributed by atoms with E-state index in [4.69, 9.17) is 0 Å². The van der Waals surface area contributed by atoms with Crippen molar-refractivity contribution in [1.29, 1.82) is 0 Å². The number of nitrogens with zero attached hydrogens (tertiary/aromatic N) is 2. The van der Waals surface area contributed by atoms with Gasteiger partial charge in [-0.15, -0.1) is 0 Å². The van der Waals surface area contributed by atoms with Crippen LogP contribution in [0.25, 0.3) is 22.2 Å². The van der Waals surface area contributed by atoms with E-state index in [1.807, 2.05) is 19.2 Å². The summed E-state index contributed by atoms with van der Waals surface area (Å²) in [6.07, 6.45) is 5.38. The molecule has 1 unspecified atom stereocenters. The minimum Gasteiger partial charge on any atom is -0.384 e. The summed E-state index contributed by atoms with van der Waals surface area (Å²) in [5.41, 5.74) is 4.43. The summed E-state index contributed by atoms with van der Waals surface area (Å²) in [6, 6.07) is 5.13. The van der Waals surface area contributed by atoms with Gasteiger partial charge in [0.2, 0.25) is 5.95 Å². The lowest BCUT2D eigenvalue weighted by Gasteiger charge is -2.38. The summed E-state index contributed by atoms with van der Waals surface area (Å²) in [4.78, 5) is 12.3. The normalized spacial score (nSPS) is 19.1. The molecule has 1 aromatic carbocycles. The molecular formula is C21H24FN5. The lowest BCUT2D eigenvalue weighted by atomic mass is 9.88. The second-order valence-electron chi connectivity index (χ2n) is 7.98. The highest BCUT2D eigenvalue weighted by atomic mass is 19.1. The standard InChI is InChI=1S/C21H24FN5/c1-12-7-14(22)9-16-17(11-24-19(12)16)18-5-6-23-20(26-18)25-15-8-13(2)27-21(3,4)10-15/h5-7,9,11,15,24,27H,2,8,10H2,1,3-4H3,(H,23,25,26). The van der Waals surface area contributed by atoms with E-state index >= 15 is 0 Å². The molecule has 0 spiro atoms. The Hall–Kier alpha value is -2.89. The van der Waals surface area contributed by atoms with Gasteiger partial charge in [-0.25, -0.2) is 14.4 Å². The number of rotatable bonds is 3. The Balaban J connectivity index is 1.65. The second kappa shape index (κ2) is 6.37. The zero-order valence-electron chi connectivity index (χ0n) is 15.9. The quantitative estimate of drug-likeness (QED) is 0.638. The van der Waals surface area contributed by atoms with Crippen molar-refractivity contribution in [2.75, 3.05) is 5.32 Å². The van der Waals surface area contributed by atoms with Crippen LogP contribution in [0.1, 0.15) is 32.3 Å². The van der Waals surface area contributed by atoms with Crippen LogP contribution in [0.3, 0.4) is 0 Å². The van der Waals surface area contributed by atoms with Crippen LogP contribution in [-0.4, -0.2) is 26.5 Å². The van der Waals surface area contributed by atoms with E-state index in [-0.39, 0.29) is 17.4 Å². The van der Waals surface area contributed by atoms with Crippen LogP contribution >= 0.6 is 0 Å². The maximum absolute atomic E-state index is 13.9. The van der Waals surface area contributed by atoms with Gasteiger partial charge in [0.15, 0.2) is 0 Å². The van der Waals surface area contributed by atoms with Gasteiger partial charge in [-0.2, -0.15) is 0 Å². The van der Waals surface area contributed by atoms with E-state index in [1.165, 1.54) is 6.07 Å². The number of aromatic nitrogens is 3. The van der Waals surface area contributed by atoms with Gasteiger partial charge in [0, 0.05) is 52.6 Å². The maximum Gasteiger partial charge on any atom is 0.223 e. The fourth-order valence-corrected chi connectivity index (χ4v) is 4.01. The van der Waals surface area contributed by atoms with E-state index in [9.17, 15) is 4.39 Å². The van der Waals surface area contributed by atoms with Crippen LogP contribution < -0.4 is 10.6 Å². The molecule has 1 fully saturated rings. The van der Waals surface area contributed by atoms with Gasteiger partial charge in [0.05, 0.1) is 5.69 Å². The van der Waals surface area contributed by atoms with Crippen molar-refractivity contribution in [3.05, 3.63) is 54.2 Å². The zero-order chi connectivity index (χ0) is 19.2. The van der Waals surface area contributed by atoms with Gasteiger partial charge in [-0.05, 0) is 51.0 Å². The molecule has 27 heavy (non-hydrogen) atoms. The Morgan fingerprint density at radius 1 is 1.33 bits per heavy atom. The molecule has 3 aromatic rings. The van der Waals surface area contributed by atoms with Gasteiger partial charge in [-0.1, -0.05) is 6.58 Å². The monoisotopic (exact) mass is 365 g/mol. The molecule has 3 heterocycles. The molecule has 0 radical (unpaired) electrons. The molecule has 6 heteroatoms. The van der Waals surface area contributed by atoms with Gasteiger partial charge in [0.25, 0.3) is 0 Å². The van der Waals surface area contributed by atoms with E-state index in [2.05, 4.69) is 46.0 Å². The van der Waals surface area contributed by atoms with Gasteiger partial charge < -0.3 is 15.6 Å². The van der Waals surface area contributed by atoms with Crippen molar-refractivity contribution in [1.82, 2.24) is 20.3 Å². The molecule has 0 aliphatic carbocycles. The maximum atomic E-state index is 13.9. The summed E-state index contributed by atoms with van der Waals surface area (Å²) >= 11 is 0. The second-order valence-corrected chi connectivity index (χ2v) is 7.98. The molecule has 1 saturated heterocycles. The number of aryl methyl sites for hydroxylation is 1. The molecule has 2 aromatic heterocycles. The summed E-state index contributed by atoms with van der Waals surface area (Å²) in [6.45, 7) is 10.3. The molecule has 5 nitrogen and oxygen atoms in total. The Morgan fingerprint density at radius 2 is 2.15 bits per heavy atom. The Kier molecular flexibility index (Phi) is 4.13. The highest BCUT2D eigenvalue weighted by Gasteiger charge is 2.29. The first-order chi connectivity index (χ1) is 12.8. The highest BCUT2D eigenvalue weighted by molar-refractivity contribution is 5.96. The number of H-pyrrole nitrogens is 1. The van der Waals surface area contributed by atoms with Crippen molar-refractivity contribution in [2.45, 2.75) is 45.2 Å². The Labute approximate surface area is 158 Å². The van der Waals surface area contributed by atoms with Crippen LogP contribution in [0.15, 0.2) is 42.9 Å². The third-order valence-corrected chi connectivity index (χ3v) is 4.98. The number of nitrogens with one attached hydrogen (secondary N) is 3. The third kappa shape index (κ3) is 3.52. The number of anilines is 1. The summed E-state index contributed by atoms with van der Waals surface area (Å²) < 4.78 is 13.9. The third-order valence-electron chi connectivity index (χ3n) is 4.98. The van der Waals surface area contributed by atoms with Gasteiger partial charge in [-0.3, -0.25) is 0 Å². The highest BCUT2D eigenvalue weighted by Crippen LogP contribution is 2.31. The van der Waals surface area contributed by atoms with Crippen molar-refractivity contribution in [3.63, 3.8) is 0 Å². The first-order valence-electron chi connectivity index (χ1n) is 9.14. The molecule has 4 rings (SSSR count). The number of fused-ring (bicyclic) bond motifs is 1. The molecule has 0 saturated carbocycles. The first kappa shape index (κ1) is 17.5. The van der Waals surface area contributed by atoms with E-state index in [1.54, 1.807) is 12.3 Å². The summed E-state index contributed by atoms with van der Waals surface area (Å²) in [5.74, 6) is 0.328. The molecule has 1 atom stereocenters. The summed E-state index contributed by atoms with van der Waals surface area (Å²) in [5, 5.41) is 7.68. The largest absolute Gasteiger partial charge is 0.384 e. The average molecular weight is 365 g/mol. The topological polar surface area (TPSA) is 65.6 Å². The van der Waals surface area contributed by atoms with Crippen LogP contribution in [0.2, 0.25) is 0 Å². The number of piperidine rings is 1. The van der Waals surface area contributed by atoms with E-state index in [0.29, 0.717) is 5.95 Å². The molecule has 3 N–H and O–H groups in total. The first-order valence-corrected chi connectivity index (χ1v) is 9.14. The minimum absolute atomic E-state index is 0.0174. The Morgan fingerprint density at radius 3 is 2.93 bits per heavy atom. The minimum atomic E-state index is -0.247. The smallest absolute Gasteiger partial charge is 0.223 e. The van der Waals surface area contributed by atoms with Crippen LogP contribution in [0, 0.1) is 12.7 Å². The fourth-order valence-electron chi connectivity index (χ4n) is 4.01.